The number of aromatic amines is 1. The van der Waals surface area contributed by atoms with Crippen LogP contribution < -0.4 is 5.69 Å². The molecular formula is C19H13F3N2O4. The van der Waals surface area contributed by atoms with E-state index in [1.54, 1.807) is 36.2 Å². The van der Waals surface area contributed by atoms with E-state index >= 15 is 0 Å². The van der Waals surface area contributed by atoms with Crippen LogP contribution in [-0.4, -0.2) is 21.0 Å². The molecule has 6 nitrogen and oxygen atoms in total. The van der Waals surface area contributed by atoms with Crippen LogP contribution in [0.5, 0.6) is 0 Å². The van der Waals surface area contributed by atoms with E-state index in [0.717, 1.165) is 0 Å². The number of aryl methyl sites for hydroxylation is 1. The average molecular weight is 390 g/mol. The Labute approximate surface area is 156 Å². The maximum Gasteiger partial charge on any atom is 0.431 e. The van der Waals surface area contributed by atoms with E-state index in [4.69, 9.17) is 4.42 Å². The molecule has 0 spiro atoms. The van der Waals surface area contributed by atoms with E-state index < -0.39 is 23.5 Å². The molecule has 3 aromatic rings. The number of benzene rings is 1. The fraction of sp³-hybridized carbons (Fsp3) is 0.105. The highest BCUT2D eigenvalue weighted by molar-refractivity contribution is 5.90. The van der Waals surface area contributed by atoms with Gasteiger partial charge in [-0.1, -0.05) is 12.1 Å². The first-order valence-corrected chi connectivity index (χ1v) is 7.94. The molecule has 0 aliphatic carbocycles. The Bertz CT molecular complexity index is 1130. The molecule has 3 rings (SSSR count). The normalized spacial score (nSPS) is 11.9. The van der Waals surface area contributed by atoms with Crippen molar-refractivity contribution in [3.63, 3.8) is 0 Å². The van der Waals surface area contributed by atoms with Gasteiger partial charge >= 0.3 is 17.8 Å². The molecule has 2 aromatic heterocycles. The fourth-order valence-corrected chi connectivity index (χ4v) is 2.49. The summed E-state index contributed by atoms with van der Waals surface area (Å²) < 4.78 is 43.8. The quantitative estimate of drug-likeness (QED) is 0.695. The van der Waals surface area contributed by atoms with Crippen LogP contribution in [0.25, 0.3) is 23.5 Å². The van der Waals surface area contributed by atoms with E-state index in [9.17, 15) is 27.9 Å². The number of carbonyl (C=O) groups is 1. The number of carboxylic acids is 1. The standard InChI is InChI=1S/C19H13F3N2O4/c1-10-2-3-11(8-14(10)17(25)26)15-7-6-13(28-15)5-4-12-9-16(19(20,21)22)24-18(27)23-12/h2-9H,1H3,(H,25,26)(H,23,24,27). The molecule has 0 unspecified atom stereocenters. The Morgan fingerprint density at radius 2 is 1.93 bits per heavy atom. The molecule has 144 valence electrons. The zero-order chi connectivity index (χ0) is 20.5. The smallest absolute Gasteiger partial charge is 0.431 e. The molecule has 2 heterocycles. The van der Waals surface area contributed by atoms with E-state index in [-0.39, 0.29) is 11.3 Å². The van der Waals surface area contributed by atoms with Gasteiger partial charge in [-0.25, -0.2) is 9.59 Å². The topological polar surface area (TPSA) is 96.2 Å². The Hall–Kier alpha value is -3.62. The summed E-state index contributed by atoms with van der Waals surface area (Å²) in [5, 5.41) is 9.20. The summed E-state index contributed by atoms with van der Waals surface area (Å²) in [5.74, 6) is -0.382. The summed E-state index contributed by atoms with van der Waals surface area (Å²) in [6.45, 7) is 1.67. The van der Waals surface area contributed by atoms with Crippen LogP contribution in [0.1, 0.15) is 33.1 Å². The average Bonchev–Trinajstić information content (AvgIpc) is 3.08. The molecular weight excluding hydrogens is 377 g/mol. The fourth-order valence-electron chi connectivity index (χ4n) is 2.49. The SMILES string of the molecule is Cc1ccc(-c2ccc(C=Cc3cc(C(F)(F)F)[nH]c(=O)n3)o2)cc1C(=O)O. The molecule has 0 bridgehead atoms. The number of carboxylic acid groups (broad SMARTS) is 1. The molecule has 0 aliphatic heterocycles. The minimum Gasteiger partial charge on any atom is -0.478 e. The van der Waals surface area contributed by atoms with E-state index in [0.29, 0.717) is 28.7 Å². The Morgan fingerprint density at radius 3 is 2.61 bits per heavy atom. The van der Waals surface area contributed by atoms with Gasteiger partial charge in [-0.15, -0.1) is 0 Å². The molecule has 2 N–H and O–H groups in total. The molecule has 0 aliphatic rings. The van der Waals surface area contributed by atoms with Gasteiger partial charge in [0.15, 0.2) is 0 Å². The van der Waals surface area contributed by atoms with Crippen LogP contribution in [-0.2, 0) is 6.18 Å². The van der Waals surface area contributed by atoms with Crippen molar-refractivity contribution in [1.82, 2.24) is 9.97 Å². The van der Waals surface area contributed by atoms with Gasteiger partial charge < -0.3 is 14.5 Å². The van der Waals surface area contributed by atoms with Crippen molar-refractivity contribution in [3.8, 4) is 11.3 Å². The van der Waals surface area contributed by atoms with Crippen LogP contribution in [0.3, 0.4) is 0 Å². The van der Waals surface area contributed by atoms with Crippen LogP contribution >= 0.6 is 0 Å². The number of aromatic nitrogens is 2. The number of nitrogens with zero attached hydrogens (tertiary/aromatic N) is 1. The Kier molecular flexibility index (Phi) is 4.91. The summed E-state index contributed by atoms with van der Waals surface area (Å²) in [6, 6.07) is 8.68. The third-order valence-electron chi connectivity index (χ3n) is 3.87. The van der Waals surface area contributed by atoms with Crippen molar-refractivity contribution >= 4 is 18.1 Å². The molecule has 28 heavy (non-hydrogen) atoms. The summed E-state index contributed by atoms with van der Waals surface area (Å²) in [7, 11) is 0. The molecule has 0 saturated carbocycles. The maximum absolute atomic E-state index is 12.7. The molecule has 9 heteroatoms. The second-order valence-corrected chi connectivity index (χ2v) is 5.89. The van der Waals surface area contributed by atoms with Gasteiger partial charge in [0, 0.05) is 5.56 Å². The second-order valence-electron chi connectivity index (χ2n) is 5.89. The summed E-state index contributed by atoms with van der Waals surface area (Å²) in [4.78, 5) is 27.6. The number of furan rings is 1. The predicted octanol–water partition coefficient (Wildman–Crippen LogP) is 4.23. The number of nitrogens with one attached hydrogen (secondary N) is 1. The van der Waals surface area contributed by atoms with Crippen molar-refractivity contribution in [2.24, 2.45) is 0 Å². The highest BCUT2D eigenvalue weighted by Crippen LogP contribution is 2.28. The number of hydrogen-bond donors (Lipinski definition) is 2. The number of hydrogen-bond acceptors (Lipinski definition) is 4. The lowest BCUT2D eigenvalue weighted by Gasteiger charge is -2.05. The van der Waals surface area contributed by atoms with Gasteiger partial charge in [-0.3, -0.25) is 0 Å². The lowest BCUT2D eigenvalue weighted by molar-refractivity contribution is -0.141. The zero-order valence-corrected chi connectivity index (χ0v) is 14.4. The van der Waals surface area contributed by atoms with Crippen molar-refractivity contribution < 1.29 is 27.5 Å². The minimum absolute atomic E-state index is 0.137. The van der Waals surface area contributed by atoms with E-state index in [1.165, 1.54) is 18.2 Å². The van der Waals surface area contributed by atoms with Crippen molar-refractivity contribution in [2.45, 2.75) is 13.1 Å². The van der Waals surface area contributed by atoms with Crippen molar-refractivity contribution in [3.05, 3.63) is 75.2 Å². The van der Waals surface area contributed by atoms with E-state index in [2.05, 4.69) is 4.98 Å². The third-order valence-corrected chi connectivity index (χ3v) is 3.87. The maximum atomic E-state index is 12.7. The number of rotatable bonds is 4. The third kappa shape index (κ3) is 4.20. The number of halogens is 3. The van der Waals surface area contributed by atoms with Gasteiger partial charge in [0.1, 0.15) is 17.2 Å². The molecule has 0 fully saturated rings. The van der Waals surface area contributed by atoms with Crippen LogP contribution in [0, 0.1) is 6.92 Å². The summed E-state index contributed by atoms with van der Waals surface area (Å²) in [5.41, 5.74) is -1.22. The molecule has 0 amide bonds. The minimum atomic E-state index is -4.70. The van der Waals surface area contributed by atoms with Gasteiger partial charge in [0.2, 0.25) is 0 Å². The molecule has 0 radical (unpaired) electrons. The second kappa shape index (κ2) is 7.18. The first-order valence-electron chi connectivity index (χ1n) is 7.94. The van der Waals surface area contributed by atoms with Crippen LogP contribution in [0.15, 0.2) is 45.6 Å². The lowest BCUT2D eigenvalue weighted by atomic mass is 10.0. The van der Waals surface area contributed by atoms with Gasteiger partial charge in [0.25, 0.3) is 0 Å². The summed E-state index contributed by atoms with van der Waals surface area (Å²) >= 11 is 0. The Balaban J connectivity index is 1.88. The zero-order valence-electron chi connectivity index (χ0n) is 14.4. The molecule has 0 saturated heterocycles. The summed E-state index contributed by atoms with van der Waals surface area (Å²) in [6.07, 6.45) is -2.13. The van der Waals surface area contributed by atoms with Gasteiger partial charge in [-0.05, 0) is 48.9 Å². The van der Waals surface area contributed by atoms with Crippen LogP contribution in [0.4, 0.5) is 13.2 Å². The van der Waals surface area contributed by atoms with Crippen molar-refractivity contribution in [1.29, 1.82) is 0 Å². The van der Waals surface area contributed by atoms with E-state index in [1.807, 2.05) is 0 Å². The molecule has 0 atom stereocenters. The highest BCUT2D eigenvalue weighted by Gasteiger charge is 2.32. The van der Waals surface area contributed by atoms with Gasteiger partial charge in [-0.2, -0.15) is 18.2 Å². The largest absolute Gasteiger partial charge is 0.478 e. The lowest BCUT2D eigenvalue weighted by Crippen LogP contribution is -2.19. The Morgan fingerprint density at radius 1 is 1.18 bits per heavy atom. The number of H-pyrrole nitrogens is 1. The monoisotopic (exact) mass is 390 g/mol. The van der Waals surface area contributed by atoms with Crippen LogP contribution in [0.2, 0.25) is 0 Å². The predicted molar refractivity (Wildman–Crippen MR) is 94.6 cm³/mol. The highest BCUT2D eigenvalue weighted by atomic mass is 19.4. The molecule has 1 aromatic carbocycles. The number of aromatic carboxylic acids is 1. The van der Waals surface area contributed by atoms with Gasteiger partial charge in [0.05, 0.1) is 11.3 Å². The first-order chi connectivity index (χ1) is 13.1. The number of alkyl halides is 3. The van der Waals surface area contributed by atoms with Crippen molar-refractivity contribution in [2.75, 3.05) is 0 Å². The first kappa shape index (κ1) is 19.2.